The van der Waals surface area contributed by atoms with Crippen molar-refractivity contribution >= 4 is 15.9 Å². The van der Waals surface area contributed by atoms with Crippen molar-refractivity contribution in [2.24, 2.45) is 0 Å². The van der Waals surface area contributed by atoms with Crippen LogP contribution in [0.1, 0.15) is 18.2 Å². The molecule has 1 unspecified atom stereocenters. The number of hydrogen-bond acceptors (Lipinski definition) is 2. The summed E-state index contributed by atoms with van der Waals surface area (Å²) in [7, 11) is 1.85. The van der Waals surface area contributed by atoms with E-state index >= 15 is 0 Å². The van der Waals surface area contributed by atoms with Gasteiger partial charge in [0.15, 0.2) is 0 Å². The van der Waals surface area contributed by atoms with Crippen LogP contribution >= 0.6 is 15.9 Å². The molecule has 0 amide bonds. The molecule has 2 rings (SSSR count). The average Bonchev–Trinajstić information content (AvgIpc) is 2.86. The van der Waals surface area contributed by atoms with Crippen molar-refractivity contribution in [1.29, 1.82) is 0 Å². The highest BCUT2D eigenvalue weighted by molar-refractivity contribution is 9.10. The molecule has 0 spiro atoms. The number of likely N-dealkylation sites (N-methyl/N-ethyl adjacent to an activating group) is 1. The lowest BCUT2D eigenvalue weighted by Crippen LogP contribution is -2.23. The molecule has 6 heteroatoms. The lowest BCUT2D eigenvalue weighted by molar-refractivity contribution is -0.138. The average molecular weight is 362 g/mol. The molecule has 1 N–H and O–H groups in total. The van der Waals surface area contributed by atoms with Crippen LogP contribution in [-0.4, -0.2) is 13.1 Å². The van der Waals surface area contributed by atoms with Gasteiger partial charge in [-0.3, -0.25) is 0 Å². The number of halogens is 4. The van der Waals surface area contributed by atoms with Crippen LogP contribution in [0.15, 0.2) is 39.2 Å². The molecule has 0 bridgehead atoms. The molecule has 1 heterocycles. The Morgan fingerprint density at radius 3 is 2.57 bits per heavy atom. The number of rotatable bonds is 4. The van der Waals surface area contributed by atoms with E-state index < -0.39 is 11.7 Å². The monoisotopic (exact) mass is 361 g/mol. The first-order valence-electron chi connectivity index (χ1n) is 6.44. The Balaban J connectivity index is 2.31. The fourth-order valence-corrected chi connectivity index (χ4v) is 2.41. The lowest BCUT2D eigenvalue weighted by atomic mass is 10.1. The summed E-state index contributed by atoms with van der Waals surface area (Å²) in [5.74, 6) is 1.18. The van der Waals surface area contributed by atoms with E-state index in [4.69, 9.17) is 4.42 Å². The molecule has 21 heavy (non-hydrogen) atoms. The van der Waals surface area contributed by atoms with E-state index in [1.54, 1.807) is 18.2 Å². The third-order valence-corrected chi connectivity index (χ3v) is 3.91. The maximum atomic E-state index is 12.9. The molecule has 0 fully saturated rings. The van der Waals surface area contributed by atoms with Gasteiger partial charge in [-0.25, -0.2) is 0 Å². The summed E-state index contributed by atoms with van der Waals surface area (Å²) in [6, 6.07) is 7.80. The van der Waals surface area contributed by atoms with Crippen LogP contribution < -0.4 is 5.32 Å². The van der Waals surface area contributed by atoms with E-state index in [1.807, 2.05) is 14.0 Å². The van der Waals surface area contributed by atoms with Crippen LogP contribution in [0, 0.1) is 0 Å². The van der Waals surface area contributed by atoms with E-state index in [0.717, 1.165) is 11.8 Å². The molecular weight excluding hydrogens is 347 g/mol. The van der Waals surface area contributed by atoms with Crippen LogP contribution in [0.5, 0.6) is 0 Å². The van der Waals surface area contributed by atoms with Gasteiger partial charge in [0.1, 0.15) is 11.5 Å². The van der Waals surface area contributed by atoms with Crippen LogP contribution in [0.3, 0.4) is 0 Å². The van der Waals surface area contributed by atoms with Gasteiger partial charge in [0, 0.05) is 22.5 Å². The Hall–Kier alpha value is -1.27. The molecule has 114 valence electrons. The first-order valence-corrected chi connectivity index (χ1v) is 7.23. The second kappa shape index (κ2) is 6.23. The molecule has 1 atom stereocenters. The largest absolute Gasteiger partial charge is 0.461 e. The van der Waals surface area contributed by atoms with E-state index in [9.17, 15) is 13.2 Å². The number of hydrogen-bond donors (Lipinski definition) is 1. The highest BCUT2D eigenvalue weighted by Gasteiger charge is 2.33. The first kappa shape index (κ1) is 16.1. The highest BCUT2D eigenvalue weighted by atomic mass is 79.9. The Kier molecular flexibility index (Phi) is 4.78. The summed E-state index contributed by atoms with van der Waals surface area (Å²) >= 11 is 2.93. The van der Waals surface area contributed by atoms with Gasteiger partial charge in [-0.05, 0) is 38.2 Å². The van der Waals surface area contributed by atoms with Gasteiger partial charge in [-0.2, -0.15) is 13.2 Å². The van der Waals surface area contributed by atoms with Crippen LogP contribution in [0.2, 0.25) is 0 Å². The Morgan fingerprint density at radius 1 is 1.24 bits per heavy atom. The Morgan fingerprint density at radius 2 is 1.95 bits per heavy atom. The summed E-state index contributed by atoms with van der Waals surface area (Å²) in [4.78, 5) is 0. The molecule has 1 aromatic heterocycles. The maximum absolute atomic E-state index is 12.9. The summed E-state index contributed by atoms with van der Waals surface area (Å²) < 4.78 is 44.3. The van der Waals surface area contributed by atoms with Gasteiger partial charge in [0.2, 0.25) is 0 Å². The lowest BCUT2D eigenvalue weighted by Gasteiger charge is -2.10. The minimum atomic E-state index is -4.40. The minimum Gasteiger partial charge on any atom is -0.461 e. The van der Waals surface area contributed by atoms with Crippen molar-refractivity contribution < 1.29 is 17.6 Å². The van der Waals surface area contributed by atoms with Crippen molar-refractivity contribution in [2.75, 3.05) is 7.05 Å². The van der Waals surface area contributed by atoms with E-state index in [2.05, 4.69) is 21.2 Å². The van der Waals surface area contributed by atoms with E-state index in [1.165, 1.54) is 6.07 Å². The minimum absolute atomic E-state index is 0.0225. The van der Waals surface area contributed by atoms with Crippen molar-refractivity contribution in [3.8, 4) is 11.3 Å². The van der Waals surface area contributed by atoms with Gasteiger partial charge in [-0.15, -0.1) is 0 Å². The van der Waals surface area contributed by atoms with Gasteiger partial charge < -0.3 is 9.73 Å². The molecular formula is C15H15BrF3NO. The van der Waals surface area contributed by atoms with Crippen LogP contribution in [-0.2, 0) is 12.6 Å². The fraction of sp³-hybridized carbons (Fsp3) is 0.333. The number of benzene rings is 1. The molecule has 1 aromatic carbocycles. The molecule has 0 aliphatic rings. The molecule has 2 nitrogen and oxygen atoms in total. The van der Waals surface area contributed by atoms with E-state index in [-0.39, 0.29) is 10.5 Å². The third kappa shape index (κ3) is 3.89. The predicted octanol–water partition coefficient (Wildman–Crippen LogP) is 4.88. The second-order valence-corrected chi connectivity index (χ2v) is 5.71. The topological polar surface area (TPSA) is 25.2 Å². The SMILES string of the molecule is CNC(C)Cc1ccc(-c2ccc(Br)c(C(F)(F)F)c2)o1. The van der Waals surface area contributed by atoms with Gasteiger partial charge in [0.25, 0.3) is 0 Å². The first-order chi connectivity index (χ1) is 9.81. The molecule has 0 saturated carbocycles. The number of furan rings is 1. The Labute approximate surface area is 129 Å². The van der Waals surface area contributed by atoms with Crippen molar-refractivity contribution in [3.63, 3.8) is 0 Å². The van der Waals surface area contributed by atoms with Crippen molar-refractivity contribution in [1.82, 2.24) is 5.32 Å². The zero-order chi connectivity index (χ0) is 15.6. The summed E-state index contributed by atoms with van der Waals surface area (Å²) in [6.45, 7) is 2.00. The number of nitrogens with one attached hydrogen (secondary N) is 1. The molecule has 0 aliphatic heterocycles. The van der Waals surface area contributed by atoms with Gasteiger partial charge in [0.05, 0.1) is 5.56 Å². The van der Waals surface area contributed by atoms with Crippen LogP contribution in [0.25, 0.3) is 11.3 Å². The Bertz CT molecular complexity index is 622. The van der Waals surface area contributed by atoms with Crippen LogP contribution in [0.4, 0.5) is 13.2 Å². The van der Waals surface area contributed by atoms with Crippen molar-refractivity contribution in [3.05, 3.63) is 46.1 Å². The second-order valence-electron chi connectivity index (χ2n) is 4.85. The number of alkyl halides is 3. The molecule has 0 radical (unpaired) electrons. The predicted molar refractivity (Wildman–Crippen MR) is 79.1 cm³/mol. The van der Waals surface area contributed by atoms with E-state index in [0.29, 0.717) is 17.7 Å². The molecule has 0 aliphatic carbocycles. The zero-order valence-corrected chi connectivity index (χ0v) is 13.2. The zero-order valence-electron chi connectivity index (χ0n) is 11.6. The highest BCUT2D eigenvalue weighted by Crippen LogP contribution is 2.37. The van der Waals surface area contributed by atoms with Gasteiger partial charge in [-0.1, -0.05) is 22.0 Å². The molecule has 0 saturated heterocycles. The summed E-state index contributed by atoms with van der Waals surface area (Å²) in [5, 5.41) is 3.08. The van der Waals surface area contributed by atoms with Crippen molar-refractivity contribution in [2.45, 2.75) is 25.6 Å². The van der Waals surface area contributed by atoms with Gasteiger partial charge >= 0.3 is 6.18 Å². The third-order valence-electron chi connectivity index (χ3n) is 3.22. The molecule has 2 aromatic rings. The normalized spacial score (nSPS) is 13.4. The summed E-state index contributed by atoms with van der Waals surface area (Å²) in [6.07, 6.45) is -3.72. The maximum Gasteiger partial charge on any atom is 0.417 e. The summed E-state index contributed by atoms with van der Waals surface area (Å²) in [5.41, 5.74) is -0.296. The standard InChI is InChI=1S/C15H15BrF3NO/c1-9(20-2)7-11-4-6-14(21-11)10-3-5-13(16)12(8-10)15(17,18)19/h3-6,8-9,20H,7H2,1-2H3. The smallest absolute Gasteiger partial charge is 0.417 e. The quantitative estimate of drug-likeness (QED) is 0.839. The fourth-order valence-electron chi connectivity index (χ4n) is 1.94.